The van der Waals surface area contributed by atoms with Crippen molar-refractivity contribution in [3.05, 3.63) is 48.0 Å². The molecule has 0 saturated carbocycles. The maximum absolute atomic E-state index is 13.7. The Labute approximate surface area is 184 Å². The zero-order valence-electron chi connectivity index (χ0n) is 18.6. The van der Waals surface area contributed by atoms with Gasteiger partial charge in [-0.2, -0.15) is 0 Å². The van der Waals surface area contributed by atoms with Gasteiger partial charge < -0.3 is 18.1 Å². The van der Waals surface area contributed by atoms with Gasteiger partial charge in [-0.15, -0.1) is 0 Å². The summed E-state index contributed by atoms with van der Waals surface area (Å²) in [5, 5.41) is 1.67. The molecule has 0 aliphatic heterocycles. The predicted molar refractivity (Wildman–Crippen MR) is 123 cm³/mol. The van der Waals surface area contributed by atoms with E-state index in [9.17, 15) is 13.9 Å². The molecule has 9 heteroatoms. The maximum Gasteiger partial charge on any atom is 0.331 e. The average Bonchev–Trinajstić information content (AvgIpc) is 2.73. The van der Waals surface area contributed by atoms with Crippen LogP contribution in [0.25, 0.3) is 10.8 Å². The highest BCUT2D eigenvalue weighted by Crippen LogP contribution is 2.55. The van der Waals surface area contributed by atoms with Crippen molar-refractivity contribution < 1.29 is 32.0 Å². The highest BCUT2D eigenvalue weighted by molar-refractivity contribution is 7.55. The number of rotatable bonds is 14. The lowest BCUT2D eigenvalue weighted by molar-refractivity contribution is 0.0929. The van der Waals surface area contributed by atoms with Gasteiger partial charge in [-0.25, -0.2) is 0 Å². The molecule has 0 aliphatic carbocycles. The molecule has 31 heavy (non-hydrogen) atoms. The summed E-state index contributed by atoms with van der Waals surface area (Å²) >= 11 is 0. The molecule has 2 aromatic rings. The number of hydrogen-bond donors (Lipinski definition) is 0. The lowest BCUT2D eigenvalue weighted by Gasteiger charge is -2.26. The summed E-state index contributed by atoms with van der Waals surface area (Å²) in [4.78, 5) is 13.7. The first-order chi connectivity index (χ1) is 14.8. The molecule has 172 valence electrons. The van der Waals surface area contributed by atoms with Crippen LogP contribution in [0.2, 0.25) is 0 Å². The van der Waals surface area contributed by atoms with Gasteiger partial charge in [-0.1, -0.05) is 42.5 Å². The Morgan fingerprint density at radius 1 is 0.742 bits per heavy atom. The summed E-state index contributed by atoms with van der Waals surface area (Å²) in [5.41, 5.74) is 0.460. The molecular weight excluding hydrogens is 438 g/mol. The first-order valence-electron chi connectivity index (χ1n) is 10.6. The molecule has 0 N–H and O–H groups in total. The van der Waals surface area contributed by atoms with E-state index in [1.54, 1.807) is 39.8 Å². The van der Waals surface area contributed by atoms with Gasteiger partial charge in [-0.3, -0.25) is 13.9 Å². The Kier molecular flexibility index (Phi) is 10.1. The van der Waals surface area contributed by atoms with E-state index in [0.717, 1.165) is 10.8 Å². The second-order valence-corrected chi connectivity index (χ2v) is 11.1. The minimum atomic E-state index is -3.59. The van der Waals surface area contributed by atoms with E-state index < -0.39 is 21.1 Å². The largest absolute Gasteiger partial charge is 0.331 e. The molecule has 0 fully saturated rings. The van der Waals surface area contributed by atoms with E-state index in [4.69, 9.17) is 18.1 Å². The van der Waals surface area contributed by atoms with Crippen molar-refractivity contribution in [2.45, 2.75) is 27.7 Å². The van der Waals surface area contributed by atoms with Crippen molar-refractivity contribution >= 4 is 31.7 Å². The first-order valence-corrected chi connectivity index (χ1v) is 14.0. The van der Waals surface area contributed by atoms with E-state index >= 15 is 0 Å². The lowest BCUT2D eigenvalue weighted by Crippen LogP contribution is -2.25. The number of benzene rings is 2. The predicted octanol–water partition coefficient (Wildman–Crippen LogP) is 6.17. The van der Waals surface area contributed by atoms with Crippen LogP contribution in [0.1, 0.15) is 38.1 Å². The molecule has 0 unspecified atom stereocenters. The van der Waals surface area contributed by atoms with Crippen molar-refractivity contribution in [3.8, 4) is 0 Å². The summed E-state index contributed by atoms with van der Waals surface area (Å²) in [7, 11) is -7.17. The quantitative estimate of drug-likeness (QED) is 0.241. The zero-order chi connectivity index (χ0) is 22.9. The topological polar surface area (TPSA) is 88.1 Å². The number of Topliss-reactive ketones (excluding diaryl/α,β-unsaturated/α-hetero) is 1. The van der Waals surface area contributed by atoms with Gasteiger partial charge in [0.2, 0.25) is 0 Å². The average molecular weight is 470 g/mol. The summed E-state index contributed by atoms with van der Waals surface area (Å²) in [6, 6.07) is 12.9. The molecular formula is C22H32O7P2. The summed E-state index contributed by atoms with van der Waals surface area (Å²) in [5.74, 6) is -1.23. The second kappa shape index (κ2) is 12.1. The van der Waals surface area contributed by atoms with Crippen LogP contribution in [0.15, 0.2) is 42.5 Å². The molecule has 7 nitrogen and oxygen atoms in total. The highest BCUT2D eigenvalue weighted by atomic mass is 31.2. The monoisotopic (exact) mass is 470 g/mol. The molecule has 0 aliphatic rings. The molecule has 0 spiro atoms. The van der Waals surface area contributed by atoms with Crippen LogP contribution in [0.5, 0.6) is 0 Å². The van der Waals surface area contributed by atoms with Crippen molar-refractivity contribution in [1.82, 2.24) is 0 Å². The van der Waals surface area contributed by atoms with Gasteiger partial charge in [-0.05, 0) is 38.5 Å². The number of carbonyl (C=O) groups is 1. The van der Waals surface area contributed by atoms with Gasteiger partial charge >= 0.3 is 15.2 Å². The summed E-state index contributed by atoms with van der Waals surface area (Å²) in [6.07, 6.45) is -0.415. The summed E-state index contributed by atoms with van der Waals surface area (Å²) < 4.78 is 48.2. The van der Waals surface area contributed by atoms with Crippen LogP contribution in [0, 0.1) is 5.92 Å². The molecule has 0 saturated heterocycles. The van der Waals surface area contributed by atoms with Crippen molar-refractivity contribution in [1.29, 1.82) is 0 Å². The van der Waals surface area contributed by atoms with E-state index in [2.05, 4.69) is 0 Å². The van der Waals surface area contributed by atoms with E-state index in [0.29, 0.717) is 5.56 Å². The van der Waals surface area contributed by atoms with Crippen molar-refractivity contribution in [2.75, 3.05) is 38.8 Å². The van der Waals surface area contributed by atoms with Crippen molar-refractivity contribution in [2.24, 2.45) is 5.92 Å². The van der Waals surface area contributed by atoms with Crippen molar-refractivity contribution in [3.63, 3.8) is 0 Å². The Hall–Kier alpha value is -1.33. The fourth-order valence-electron chi connectivity index (χ4n) is 3.50. The van der Waals surface area contributed by atoms with Gasteiger partial charge in [0.1, 0.15) is 0 Å². The minimum absolute atomic E-state index is 0.168. The highest BCUT2D eigenvalue weighted by Gasteiger charge is 2.39. The van der Waals surface area contributed by atoms with Gasteiger partial charge in [0, 0.05) is 11.5 Å². The Morgan fingerprint density at radius 3 is 1.68 bits per heavy atom. The third kappa shape index (κ3) is 7.08. The molecule has 0 radical (unpaired) electrons. The Morgan fingerprint density at radius 2 is 1.19 bits per heavy atom. The van der Waals surface area contributed by atoms with Crippen LogP contribution in [-0.4, -0.2) is 44.5 Å². The fraction of sp³-hybridized carbons (Fsp3) is 0.500. The van der Waals surface area contributed by atoms with Crippen LogP contribution >= 0.6 is 15.2 Å². The summed E-state index contributed by atoms with van der Waals surface area (Å²) in [6.45, 7) is 7.50. The molecule has 0 amide bonds. The van der Waals surface area contributed by atoms with Gasteiger partial charge in [0.05, 0.1) is 38.8 Å². The van der Waals surface area contributed by atoms with E-state index in [1.807, 2.05) is 30.3 Å². The van der Waals surface area contributed by atoms with Crippen LogP contribution in [-0.2, 0) is 27.2 Å². The zero-order valence-corrected chi connectivity index (χ0v) is 20.4. The fourth-order valence-corrected chi connectivity index (χ4v) is 7.51. The van der Waals surface area contributed by atoms with Gasteiger partial charge in [0.15, 0.2) is 5.78 Å². The van der Waals surface area contributed by atoms with Gasteiger partial charge in [0.25, 0.3) is 0 Å². The third-order valence-corrected chi connectivity index (χ3v) is 9.00. The molecule has 0 bridgehead atoms. The SMILES string of the molecule is CCOP(=O)(CC(CP(=O)(OCC)OCC)C(=O)c1cccc2ccccc12)OCC. The normalized spacial score (nSPS) is 12.5. The smallest absolute Gasteiger partial charge is 0.309 e. The molecule has 0 atom stereocenters. The molecule has 0 heterocycles. The minimum Gasteiger partial charge on any atom is -0.309 e. The molecule has 0 aromatic heterocycles. The van der Waals surface area contributed by atoms with E-state index in [-0.39, 0.29) is 44.5 Å². The number of carbonyl (C=O) groups excluding carboxylic acids is 1. The van der Waals surface area contributed by atoms with Crippen LogP contribution in [0.4, 0.5) is 0 Å². The second-order valence-electron chi connectivity index (χ2n) is 6.85. The first kappa shape index (κ1) is 25.9. The molecule has 2 aromatic carbocycles. The standard InChI is InChI=1S/C22H32O7P2/c1-5-26-30(24,27-6-2)16-19(17-31(25,28-7-3)29-8-4)22(23)21-15-11-13-18-12-9-10-14-20(18)21/h9-15,19H,5-8,16-17H2,1-4H3. The third-order valence-electron chi connectivity index (χ3n) is 4.62. The van der Waals surface area contributed by atoms with Crippen LogP contribution < -0.4 is 0 Å². The van der Waals surface area contributed by atoms with E-state index in [1.165, 1.54) is 0 Å². The maximum atomic E-state index is 13.7. The number of hydrogen-bond acceptors (Lipinski definition) is 7. The molecule has 2 rings (SSSR count). The lowest BCUT2D eigenvalue weighted by atomic mass is 9.95. The number of fused-ring (bicyclic) bond motifs is 1. The Balaban J connectivity index is 2.50. The number of ketones is 1. The van der Waals surface area contributed by atoms with Crippen LogP contribution in [0.3, 0.4) is 0 Å². The Bertz CT molecular complexity index is 903.